The smallest absolute Gasteiger partial charge is 0.175 e. The summed E-state index contributed by atoms with van der Waals surface area (Å²) in [6.07, 6.45) is 9.86. The minimum Gasteiger partial charge on any atom is -0.301 e. The maximum Gasteiger partial charge on any atom is 0.175 e. The van der Waals surface area contributed by atoms with Gasteiger partial charge < -0.3 is 18.7 Å². The number of anilines is 4. The van der Waals surface area contributed by atoms with E-state index in [1.165, 1.54) is 67.3 Å². The molecule has 4 aromatic rings. The van der Waals surface area contributed by atoms with Crippen LogP contribution in [0.3, 0.4) is 0 Å². The number of hydrogen-bond acceptors (Lipinski definition) is 4. The van der Waals surface area contributed by atoms with Crippen molar-refractivity contribution in [2.45, 2.75) is 158 Å². The second-order valence-corrected chi connectivity index (χ2v) is 23.8. The zero-order valence-electron chi connectivity index (χ0n) is 38.5. The van der Waals surface area contributed by atoms with Crippen molar-refractivity contribution in [3.63, 3.8) is 0 Å². The van der Waals surface area contributed by atoms with Crippen LogP contribution in [0.15, 0.2) is 97.6 Å². The molecule has 0 amide bonds. The number of rotatable bonds is 13. The molecule has 0 atom stereocenters. The van der Waals surface area contributed by atoms with Gasteiger partial charge in [0.05, 0.1) is 22.7 Å². The zero-order valence-corrected chi connectivity index (χ0v) is 40.3. The molecule has 0 unspecified atom stereocenters. The largest absolute Gasteiger partial charge is 0.301 e. The average molecular weight is 815 g/mol. The highest BCUT2D eigenvalue weighted by atomic mass is 32.1. The average Bonchev–Trinajstić information content (AvgIpc) is 3.80. The summed E-state index contributed by atoms with van der Waals surface area (Å²) < 4.78 is 11.1. The molecule has 0 saturated heterocycles. The highest BCUT2D eigenvalue weighted by Crippen LogP contribution is 2.82. The van der Waals surface area contributed by atoms with Crippen LogP contribution in [0.5, 0.6) is 0 Å². The molecule has 2 aliphatic heterocycles. The molecule has 0 radical (unpaired) electrons. The highest BCUT2D eigenvalue weighted by Gasteiger charge is 2.49. The lowest BCUT2D eigenvalue weighted by Gasteiger charge is -2.46. The molecule has 2 heterocycles. The van der Waals surface area contributed by atoms with Gasteiger partial charge in [0.15, 0.2) is 15.8 Å². The molecule has 0 bridgehead atoms. The molecule has 0 N–H and O–H groups in total. The summed E-state index contributed by atoms with van der Waals surface area (Å²) in [5, 5.41) is 0. The summed E-state index contributed by atoms with van der Waals surface area (Å²) in [6, 6.07) is 28.3. The van der Waals surface area contributed by atoms with E-state index in [-0.39, 0.29) is 0 Å². The predicted octanol–water partition coefficient (Wildman–Crippen LogP) is 17.5. The zero-order chi connectivity index (χ0) is 42.3. The Balaban J connectivity index is 1.79. The first-order valence-electron chi connectivity index (χ1n) is 22.1. The van der Waals surface area contributed by atoms with E-state index in [1.807, 2.05) is 0 Å². The number of nitrogens with zero attached hydrogens (tertiary/aromatic N) is 4. The van der Waals surface area contributed by atoms with E-state index in [0.29, 0.717) is 47.3 Å². The SMILES string of the molecule is CC(C)c1cccc(C(C)C)c1N1C=CN(c2c(C(C)C)cccc2C(C)C)P1P1N(c2c(C(C)C)cccc2C(C)C)C=CN1c1c(C(C)C)cccc1C(C)C. The number of para-hydroxylation sites is 4. The van der Waals surface area contributed by atoms with Crippen LogP contribution in [0.25, 0.3) is 0 Å². The van der Waals surface area contributed by atoms with Gasteiger partial charge in [0.1, 0.15) is 0 Å². The summed E-state index contributed by atoms with van der Waals surface area (Å²) in [6.45, 7) is 37.9. The van der Waals surface area contributed by atoms with E-state index >= 15 is 0 Å². The molecule has 0 aliphatic carbocycles. The third kappa shape index (κ3) is 8.15. The monoisotopic (exact) mass is 815 g/mol. The van der Waals surface area contributed by atoms with Gasteiger partial charge in [-0.3, -0.25) is 0 Å². The van der Waals surface area contributed by atoms with Crippen LogP contribution in [0.4, 0.5) is 22.7 Å². The van der Waals surface area contributed by atoms with Crippen molar-refractivity contribution >= 4 is 38.6 Å². The van der Waals surface area contributed by atoms with E-state index in [4.69, 9.17) is 0 Å². The Labute approximate surface area is 356 Å². The van der Waals surface area contributed by atoms with Crippen molar-refractivity contribution < 1.29 is 0 Å². The summed E-state index contributed by atoms with van der Waals surface area (Å²) in [5.74, 6) is 2.94. The van der Waals surface area contributed by atoms with Gasteiger partial charge in [0.25, 0.3) is 0 Å². The Bertz CT molecular complexity index is 1720. The molecular formula is C52H72N4P2. The fraction of sp³-hybridized carbons (Fsp3) is 0.462. The van der Waals surface area contributed by atoms with Gasteiger partial charge >= 0.3 is 0 Å². The van der Waals surface area contributed by atoms with Gasteiger partial charge in [-0.25, -0.2) is 0 Å². The first-order chi connectivity index (χ1) is 27.5. The van der Waals surface area contributed by atoms with E-state index in [2.05, 4.69) is 227 Å². The van der Waals surface area contributed by atoms with Crippen LogP contribution in [-0.4, -0.2) is 0 Å². The maximum absolute atomic E-state index is 2.78. The van der Waals surface area contributed by atoms with Gasteiger partial charge in [-0.2, -0.15) is 0 Å². The van der Waals surface area contributed by atoms with Crippen molar-refractivity contribution in [1.29, 1.82) is 0 Å². The Morgan fingerprint density at radius 2 is 0.397 bits per heavy atom. The number of benzene rings is 4. The Morgan fingerprint density at radius 3 is 0.517 bits per heavy atom. The lowest BCUT2D eigenvalue weighted by atomic mass is 9.92. The minimum atomic E-state index is -1.13. The molecule has 0 spiro atoms. The molecule has 0 aromatic heterocycles. The lowest BCUT2D eigenvalue weighted by molar-refractivity contribution is 0.832. The molecule has 58 heavy (non-hydrogen) atoms. The molecular weight excluding hydrogens is 743 g/mol. The first kappa shape index (κ1) is 44.0. The molecule has 4 nitrogen and oxygen atoms in total. The maximum atomic E-state index is 2.78. The highest BCUT2D eigenvalue weighted by molar-refractivity contribution is 8.32. The molecule has 6 heteroatoms. The van der Waals surface area contributed by atoms with Crippen LogP contribution in [-0.2, 0) is 0 Å². The van der Waals surface area contributed by atoms with Crippen LogP contribution in [0, 0.1) is 0 Å². The van der Waals surface area contributed by atoms with Crippen molar-refractivity contribution in [3.05, 3.63) is 142 Å². The van der Waals surface area contributed by atoms with Crippen molar-refractivity contribution in [2.24, 2.45) is 0 Å². The summed E-state index contributed by atoms with van der Waals surface area (Å²) in [5.41, 5.74) is 16.9. The van der Waals surface area contributed by atoms with Crippen molar-refractivity contribution in [2.75, 3.05) is 18.7 Å². The topological polar surface area (TPSA) is 13.0 Å². The van der Waals surface area contributed by atoms with Crippen LogP contribution < -0.4 is 18.7 Å². The minimum absolute atomic E-state index is 0.368. The molecule has 4 aromatic carbocycles. The Hall–Kier alpha value is -3.58. The fourth-order valence-electron chi connectivity index (χ4n) is 8.80. The summed E-state index contributed by atoms with van der Waals surface area (Å²) in [7, 11) is -2.26. The van der Waals surface area contributed by atoms with E-state index < -0.39 is 15.8 Å². The summed E-state index contributed by atoms with van der Waals surface area (Å²) >= 11 is 0. The van der Waals surface area contributed by atoms with Gasteiger partial charge in [-0.1, -0.05) is 184 Å². The third-order valence-electron chi connectivity index (χ3n) is 11.9. The molecule has 310 valence electrons. The standard InChI is InChI=1S/C52H72N4P2/c1-33(2)41-21-17-22-42(34(3)4)49(41)53-29-30-54(50-43(35(5)6)23-18-24-44(50)36(7)8)57(53)58-55(51-45(37(9)10)25-19-26-46(51)38(11)12)31-32-56(58)52-47(39(13)14)27-20-28-48(52)40(15)16/h17-40H,1-16H3. The van der Waals surface area contributed by atoms with Gasteiger partial charge in [0, 0.05) is 24.8 Å². The predicted molar refractivity (Wildman–Crippen MR) is 261 cm³/mol. The lowest BCUT2D eigenvalue weighted by Crippen LogP contribution is -2.27. The van der Waals surface area contributed by atoms with Gasteiger partial charge in [-0.05, 0) is 91.9 Å². The normalized spacial score (nSPS) is 15.4. The van der Waals surface area contributed by atoms with E-state index in [9.17, 15) is 0 Å². The molecule has 0 saturated carbocycles. The van der Waals surface area contributed by atoms with E-state index in [0.717, 1.165) is 0 Å². The van der Waals surface area contributed by atoms with E-state index in [1.54, 1.807) is 0 Å². The molecule has 0 fully saturated rings. The fourth-order valence-corrected chi connectivity index (χ4v) is 16.1. The van der Waals surface area contributed by atoms with Crippen LogP contribution in [0.1, 0.15) is 203 Å². The number of hydrogen-bond donors (Lipinski definition) is 0. The van der Waals surface area contributed by atoms with Gasteiger partial charge in [0.2, 0.25) is 0 Å². The second kappa shape index (κ2) is 18.0. The van der Waals surface area contributed by atoms with Gasteiger partial charge in [-0.15, -0.1) is 0 Å². The van der Waals surface area contributed by atoms with Crippen LogP contribution >= 0.6 is 15.8 Å². The first-order valence-corrected chi connectivity index (χ1v) is 25.3. The van der Waals surface area contributed by atoms with Crippen molar-refractivity contribution in [1.82, 2.24) is 0 Å². The molecule has 6 rings (SSSR count). The Kier molecular flexibility index (Phi) is 13.6. The van der Waals surface area contributed by atoms with Crippen molar-refractivity contribution in [3.8, 4) is 0 Å². The quantitative estimate of drug-likeness (QED) is 0.125. The molecule has 2 aliphatic rings. The summed E-state index contributed by atoms with van der Waals surface area (Å²) in [4.78, 5) is 0. The second-order valence-electron chi connectivity index (χ2n) is 18.9. The third-order valence-corrected chi connectivity index (χ3v) is 18.4. The van der Waals surface area contributed by atoms with Crippen LogP contribution in [0.2, 0.25) is 0 Å². The Morgan fingerprint density at radius 1 is 0.259 bits per heavy atom.